The fourth-order valence-corrected chi connectivity index (χ4v) is 12.6. The predicted molar refractivity (Wildman–Crippen MR) is 263 cm³/mol. The highest BCUT2D eigenvalue weighted by atomic mass is 19.4. The zero-order valence-corrected chi connectivity index (χ0v) is 37.9. The number of nitrogens with zero attached hydrogens (tertiary/aromatic N) is 2. The minimum absolute atomic E-state index is 0.117. The van der Waals surface area contributed by atoms with Gasteiger partial charge in [0.2, 0.25) is 0 Å². The maximum absolute atomic E-state index is 14.0. The fourth-order valence-electron chi connectivity index (χ4n) is 12.6. The molecule has 6 atom stereocenters. The van der Waals surface area contributed by atoms with Gasteiger partial charge < -0.3 is 9.47 Å². The van der Waals surface area contributed by atoms with Gasteiger partial charge in [0, 0.05) is 50.9 Å². The minimum Gasteiger partial charge on any atom is -0.333 e. The monoisotopic (exact) mass is 912 g/mol. The SMILES string of the molecule is CC1C=CC2C(=C(C3=CCCC=C3)C3=C(C=CCC3)C2C2=CCC(n3c4ccccc4c4cc(-c5ccc(N6c7ccc(C(F)(F)F)cc7C7C=C(C(F)(F)F)C=CC76C)cc5)ccc43)C=C2)C1. The first kappa shape index (κ1) is 42.8. The number of halogens is 6. The number of allylic oxidation sites excluding steroid dienone is 18. The molecule has 7 aliphatic rings. The summed E-state index contributed by atoms with van der Waals surface area (Å²) >= 11 is 0. The van der Waals surface area contributed by atoms with Crippen molar-refractivity contribution in [2.24, 2.45) is 17.8 Å². The lowest BCUT2D eigenvalue weighted by Gasteiger charge is -2.42. The summed E-state index contributed by atoms with van der Waals surface area (Å²) in [6.45, 7) is 4.13. The molecule has 2 nitrogen and oxygen atoms in total. The molecule has 0 saturated heterocycles. The van der Waals surface area contributed by atoms with Crippen molar-refractivity contribution in [1.82, 2.24) is 4.57 Å². The van der Waals surface area contributed by atoms with Crippen LogP contribution in [0.15, 0.2) is 203 Å². The molecule has 0 spiro atoms. The number of hydrogen-bond donors (Lipinski definition) is 0. The van der Waals surface area contributed by atoms with Gasteiger partial charge in [-0.1, -0.05) is 128 Å². The number of anilines is 2. The molecule has 0 amide bonds. The molecule has 6 aliphatic carbocycles. The second-order valence-electron chi connectivity index (χ2n) is 19.8. The Bertz CT molecular complexity index is 3260. The molecule has 0 fully saturated rings. The molecule has 1 aromatic heterocycles. The van der Waals surface area contributed by atoms with Crippen molar-refractivity contribution in [2.75, 3.05) is 4.90 Å². The summed E-state index contributed by atoms with van der Waals surface area (Å²) in [7, 11) is 0. The first-order chi connectivity index (χ1) is 32.8. The van der Waals surface area contributed by atoms with E-state index in [1.165, 1.54) is 40.0 Å². The molecule has 12 rings (SSSR count). The van der Waals surface area contributed by atoms with E-state index in [1.54, 1.807) is 18.1 Å². The maximum atomic E-state index is 14.0. The third-order valence-corrected chi connectivity index (χ3v) is 15.7. The Kier molecular flexibility index (Phi) is 9.92. The first-order valence-electron chi connectivity index (χ1n) is 24.0. The predicted octanol–water partition coefficient (Wildman–Crippen LogP) is 17.0. The van der Waals surface area contributed by atoms with Gasteiger partial charge in [-0.05, 0) is 144 Å². The molecular weight excluding hydrogens is 863 g/mol. The van der Waals surface area contributed by atoms with Crippen LogP contribution >= 0.6 is 0 Å². The summed E-state index contributed by atoms with van der Waals surface area (Å²) in [6.07, 6.45) is 24.9. The first-order valence-corrected chi connectivity index (χ1v) is 24.0. The molecule has 0 bridgehead atoms. The molecular formula is C60H50F6N2. The van der Waals surface area contributed by atoms with Crippen LogP contribution in [0.25, 0.3) is 32.9 Å². The minimum atomic E-state index is -4.64. The van der Waals surface area contributed by atoms with E-state index < -0.39 is 34.9 Å². The molecule has 5 aromatic rings. The van der Waals surface area contributed by atoms with Crippen molar-refractivity contribution < 1.29 is 26.3 Å². The molecule has 1 aliphatic heterocycles. The lowest BCUT2D eigenvalue weighted by atomic mass is 9.62. The van der Waals surface area contributed by atoms with Crippen molar-refractivity contribution in [3.05, 3.63) is 214 Å². The number of aromatic nitrogens is 1. The smallest absolute Gasteiger partial charge is 0.333 e. The van der Waals surface area contributed by atoms with Crippen LogP contribution in [0.1, 0.15) is 75.5 Å². The number of para-hydroxylation sites is 1. The highest BCUT2D eigenvalue weighted by Crippen LogP contribution is 2.57. The van der Waals surface area contributed by atoms with E-state index in [9.17, 15) is 26.3 Å². The normalized spacial score (nSPS) is 26.5. The Hall–Kier alpha value is -6.54. The number of rotatable bonds is 5. The Balaban J connectivity index is 0.864. The second-order valence-corrected chi connectivity index (χ2v) is 19.8. The number of benzene rings is 4. The lowest BCUT2D eigenvalue weighted by molar-refractivity contribution is -0.137. The van der Waals surface area contributed by atoms with E-state index in [2.05, 4.69) is 115 Å². The van der Waals surface area contributed by atoms with Crippen molar-refractivity contribution >= 4 is 33.2 Å². The molecule has 4 aromatic carbocycles. The number of alkyl halides is 6. The van der Waals surface area contributed by atoms with Gasteiger partial charge in [-0.15, -0.1) is 0 Å². The summed E-state index contributed by atoms with van der Waals surface area (Å²) in [5.41, 5.74) is 11.7. The van der Waals surface area contributed by atoms with Gasteiger partial charge in [0.15, 0.2) is 0 Å². The molecule has 0 radical (unpaired) electrons. The molecule has 8 heteroatoms. The highest BCUT2D eigenvalue weighted by molar-refractivity contribution is 6.09. The summed E-state index contributed by atoms with van der Waals surface area (Å²) < 4.78 is 86.2. The summed E-state index contributed by atoms with van der Waals surface area (Å²) in [5, 5.41) is 2.30. The van der Waals surface area contributed by atoms with Crippen LogP contribution in [0, 0.1) is 17.8 Å². The maximum Gasteiger partial charge on any atom is 0.416 e. The number of hydrogen-bond acceptors (Lipinski definition) is 1. The molecule has 6 unspecified atom stereocenters. The highest BCUT2D eigenvalue weighted by Gasteiger charge is 2.51. The van der Waals surface area contributed by atoms with Gasteiger partial charge in [-0.25, -0.2) is 0 Å². The fraction of sp³-hybridized carbons (Fsp3) is 0.267. The van der Waals surface area contributed by atoms with Crippen molar-refractivity contribution in [1.29, 1.82) is 0 Å². The van der Waals surface area contributed by atoms with Crippen LogP contribution in [-0.4, -0.2) is 16.3 Å². The average Bonchev–Trinajstić information content (AvgIpc) is 3.81. The average molecular weight is 913 g/mol. The quantitative estimate of drug-likeness (QED) is 0.126. The van der Waals surface area contributed by atoms with Gasteiger partial charge in [0.25, 0.3) is 0 Å². The second kappa shape index (κ2) is 15.8. The van der Waals surface area contributed by atoms with Crippen molar-refractivity contribution in [3.8, 4) is 11.1 Å². The van der Waals surface area contributed by atoms with Gasteiger partial charge >= 0.3 is 12.4 Å². The van der Waals surface area contributed by atoms with E-state index in [0.29, 0.717) is 23.2 Å². The van der Waals surface area contributed by atoms with Gasteiger partial charge in [-0.3, -0.25) is 0 Å². The van der Waals surface area contributed by atoms with Crippen LogP contribution < -0.4 is 4.90 Å². The van der Waals surface area contributed by atoms with Crippen LogP contribution in [0.3, 0.4) is 0 Å². The standard InChI is InChI=1S/C60H50F6N2/c1-36-16-27-48-50(32-36)57(38-10-4-3-5-11-38)47-14-7-6-13-46(47)56(48)39-19-23-43(24-20-39)67-53-15-9-8-12-45(53)49-33-40(21-28-54(49)67)37-17-25-44(26-18-37)68-55-29-22-41(59(61,62)63)34-51(55)52-35-42(60(64,65)66)30-31-58(52,68)2/h4,6,8-13,15-23,25-31,33-36,43,48,52,56H,3,5,7,14,24,32H2,1-2H3. The topological polar surface area (TPSA) is 8.17 Å². The van der Waals surface area contributed by atoms with Gasteiger partial charge in [0.1, 0.15) is 0 Å². The zero-order chi connectivity index (χ0) is 46.7. The summed E-state index contributed by atoms with van der Waals surface area (Å²) in [4.78, 5) is 1.87. The van der Waals surface area contributed by atoms with Crippen LogP contribution in [0.4, 0.5) is 37.7 Å². The van der Waals surface area contributed by atoms with Crippen molar-refractivity contribution in [2.45, 2.75) is 82.2 Å². The molecule has 2 heterocycles. The van der Waals surface area contributed by atoms with Crippen LogP contribution in [0.5, 0.6) is 0 Å². The molecule has 68 heavy (non-hydrogen) atoms. The lowest BCUT2D eigenvalue weighted by Crippen LogP contribution is -2.42. The van der Waals surface area contributed by atoms with Gasteiger partial charge in [-0.2, -0.15) is 26.3 Å². The Morgan fingerprint density at radius 1 is 0.706 bits per heavy atom. The Morgan fingerprint density at radius 2 is 1.50 bits per heavy atom. The van der Waals surface area contributed by atoms with E-state index in [-0.39, 0.29) is 17.5 Å². The zero-order valence-electron chi connectivity index (χ0n) is 37.9. The van der Waals surface area contributed by atoms with Crippen molar-refractivity contribution in [3.63, 3.8) is 0 Å². The number of fused-ring (bicyclic) bond motifs is 7. The van der Waals surface area contributed by atoms with Gasteiger partial charge in [0.05, 0.1) is 22.7 Å². The largest absolute Gasteiger partial charge is 0.416 e. The van der Waals surface area contributed by atoms with Crippen LogP contribution in [0.2, 0.25) is 0 Å². The molecule has 0 N–H and O–H groups in total. The molecule has 0 saturated carbocycles. The van der Waals surface area contributed by atoms with E-state index in [4.69, 9.17) is 0 Å². The third kappa shape index (κ3) is 6.83. The summed E-state index contributed by atoms with van der Waals surface area (Å²) in [5.74, 6) is 0.177. The van der Waals surface area contributed by atoms with Crippen LogP contribution in [-0.2, 0) is 6.18 Å². The van der Waals surface area contributed by atoms with E-state index in [1.807, 2.05) is 29.2 Å². The summed E-state index contributed by atoms with van der Waals surface area (Å²) in [6, 6.07) is 26.4. The van der Waals surface area contributed by atoms with E-state index >= 15 is 0 Å². The Labute approximate surface area is 392 Å². The molecule has 342 valence electrons. The Morgan fingerprint density at radius 3 is 2.26 bits per heavy atom. The van der Waals surface area contributed by atoms with E-state index in [0.717, 1.165) is 90.2 Å². The third-order valence-electron chi connectivity index (χ3n) is 15.7.